The lowest BCUT2D eigenvalue weighted by atomic mass is 10.0. The molecular weight excluding hydrogens is 406 g/mol. The summed E-state index contributed by atoms with van der Waals surface area (Å²) in [4.78, 5) is 25.9. The van der Waals surface area contributed by atoms with Crippen LogP contribution in [0.5, 0.6) is 11.5 Å². The Morgan fingerprint density at radius 2 is 1.72 bits per heavy atom. The molecule has 4 aromatic rings. The maximum atomic E-state index is 13.3. The number of nitrogens with one attached hydrogen (secondary N) is 1. The Balaban J connectivity index is 1.68. The highest BCUT2D eigenvalue weighted by atomic mass is 16.5. The minimum atomic E-state index is -0.306. The molecule has 0 aliphatic heterocycles. The van der Waals surface area contributed by atoms with Crippen LogP contribution in [-0.4, -0.2) is 25.9 Å². The van der Waals surface area contributed by atoms with Crippen LogP contribution in [0.25, 0.3) is 11.0 Å². The Labute approximate surface area is 185 Å². The van der Waals surface area contributed by atoms with E-state index in [1.165, 1.54) is 14.2 Å². The maximum Gasteiger partial charge on any atom is 0.255 e. The third-order valence-corrected chi connectivity index (χ3v) is 5.33. The van der Waals surface area contributed by atoms with Crippen molar-refractivity contribution in [1.29, 1.82) is 0 Å². The molecule has 0 unspecified atom stereocenters. The first-order chi connectivity index (χ1) is 15.4. The van der Waals surface area contributed by atoms with Crippen LogP contribution < -0.4 is 14.8 Å². The lowest BCUT2D eigenvalue weighted by molar-refractivity contribution is 0.100. The molecule has 6 heteroatoms. The summed E-state index contributed by atoms with van der Waals surface area (Å²) < 4.78 is 16.5. The number of rotatable bonds is 6. The normalized spacial score (nSPS) is 10.8. The Morgan fingerprint density at radius 1 is 0.906 bits per heavy atom. The molecule has 1 aromatic heterocycles. The van der Waals surface area contributed by atoms with Crippen molar-refractivity contribution in [3.63, 3.8) is 0 Å². The van der Waals surface area contributed by atoms with Crippen LogP contribution in [0.3, 0.4) is 0 Å². The molecule has 32 heavy (non-hydrogen) atoms. The first-order valence-corrected chi connectivity index (χ1v) is 10.1. The third-order valence-electron chi connectivity index (χ3n) is 5.33. The number of methoxy groups -OCH3 is 2. The van der Waals surface area contributed by atoms with Crippen molar-refractivity contribution >= 4 is 28.3 Å². The molecule has 0 bridgehead atoms. The van der Waals surface area contributed by atoms with Crippen LogP contribution in [-0.2, 0) is 0 Å². The number of carbonyl (C=O) groups is 2. The third kappa shape index (κ3) is 3.95. The van der Waals surface area contributed by atoms with Gasteiger partial charge in [0, 0.05) is 22.2 Å². The van der Waals surface area contributed by atoms with E-state index in [1.54, 1.807) is 42.5 Å². The van der Waals surface area contributed by atoms with Crippen molar-refractivity contribution in [3.05, 3.63) is 88.7 Å². The van der Waals surface area contributed by atoms with Gasteiger partial charge in [0.25, 0.3) is 5.91 Å². The van der Waals surface area contributed by atoms with Crippen LogP contribution in [0.1, 0.15) is 37.6 Å². The van der Waals surface area contributed by atoms with Crippen molar-refractivity contribution in [2.45, 2.75) is 13.8 Å². The van der Waals surface area contributed by atoms with Gasteiger partial charge in [0.1, 0.15) is 17.1 Å². The molecule has 4 rings (SSSR count). The summed E-state index contributed by atoms with van der Waals surface area (Å²) in [5, 5.41) is 3.65. The smallest absolute Gasteiger partial charge is 0.255 e. The van der Waals surface area contributed by atoms with Gasteiger partial charge in [-0.3, -0.25) is 9.59 Å². The summed E-state index contributed by atoms with van der Waals surface area (Å²) in [5.41, 5.74) is 3.79. The quantitative estimate of drug-likeness (QED) is 0.407. The van der Waals surface area contributed by atoms with Crippen molar-refractivity contribution in [3.8, 4) is 11.5 Å². The van der Waals surface area contributed by atoms with Gasteiger partial charge in [-0.1, -0.05) is 17.7 Å². The Bertz CT molecular complexity index is 1340. The topological polar surface area (TPSA) is 77.8 Å². The molecule has 0 saturated carbocycles. The number of ether oxygens (including phenoxy) is 2. The molecule has 0 fully saturated rings. The van der Waals surface area contributed by atoms with Gasteiger partial charge in [-0.15, -0.1) is 0 Å². The summed E-state index contributed by atoms with van der Waals surface area (Å²) in [5.74, 6) is 0.686. The molecule has 3 aromatic carbocycles. The van der Waals surface area contributed by atoms with Gasteiger partial charge in [-0.05, 0) is 62.4 Å². The number of aryl methyl sites for hydroxylation is 2. The lowest BCUT2D eigenvalue weighted by Gasteiger charge is -2.09. The Morgan fingerprint density at radius 3 is 2.44 bits per heavy atom. The molecule has 1 heterocycles. The number of carbonyl (C=O) groups excluding carboxylic acids is 2. The summed E-state index contributed by atoms with van der Waals surface area (Å²) in [7, 11) is 3.04. The second kappa shape index (κ2) is 8.59. The highest BCUT2D eigenvalue weighted by Gasteiger charge is 2.23. The average molecular weight is 429 g/mol. The SMILES string of the molecule is COc1ccc(OC)c(C(=O)c2oc3ccc(NC(=O)c4cccc(C)c4)cc3c2C)c1. The van der Waals surface area contributed by atoms with Crippen molar-refractivity contribution < 1.29 is 23.5 Å². The molecule has 162 valence electrons. The summed E-state index contributed by atoms with van der Waals surface area (Å²) >= 11 is 0. The second-order valence-electron chi connectivity index (χ2n) is 7.49. The van der Waals surface area contributed by atoms with E-state index in [0.29, 0.717) is 39.5 Å². The summed E-state index contributed by atoms with van der Waals surface area (Å²) in [6.07, 6.45) is 0. The fourth-order valence-corrected chi connectivity index (χ4v) is 3.62. The molecule has 0 aliphatic rings. The van der Waals surface area contributed by atoms with E-state index in [0.717, 1.165) is 10.9 Å². The van der Waals surface area contributed by atoms with Crippen molar-refractivity contribution in [2.24, 2.45) is 0 Å². The van der Waals surface area contributed by atoms with Gasteiger partial charge >= 0.3 is 0 Å². The predicted octanol–water partition coefficient (Wildman–Crippen LogP) is 5.55. The summed E-state index contributed by atoms with van der Waals surface area (Å²) in [6.45, 7) is 3.76. The van der Waals surface area contributed by atoms with E-state index < -0.39 is 0 Å². The van der Waals surface area contributed by atoms with Gasteiger partial charge in [0.15, 0.2) is 5.76 Å². The van der Waals surface area contributed by atoms with Crippen LogP contribution in [0.15, 0.2) is 65.1 Å². The van der Waals surface area contributed by atoms with E-state index in [4.69, 9.17) is 13.9 Å². The zero-order valence-corrected chi connectivity index (χ0v) is 18.3. The Kier molecular flexibility index (Phi) is 5.69. The standard InChI is InChI=1S/C26H23NO5/c1-15-6-5-7-17(12-15)26(29)27-18-8-10-23-20(13-18)16(2)25(32-23)24(28)21-14-19(30-3)9-11-22(21)31-4/h5-14H,1-4H3,(H,27,29). The fraction of sp³-hybridized carbons (Fsp3) is 0.154. The van der Waals surface area contributed by atoms with E-state index in [9.17, 15) is 9.59 Å². The largest absolute Gasteiger partial charge is 0.497 e. The molecule has 0 aliphatic carbocycles. The molecule has 1 amide bonds. The minimum absolute atomic E-state index is 0.202. The zero-order chi connectivity index (χ0) is 22.8. The number of ketones is 1. The summed E-state index contributed by atoms with van der Waals surface area (Å²) in [6, 6.07) is 17.7. The van der Waals surface area contributed by atoms with E-state index in [1.807, 2.05) is 32.0 Å². The Hall–Kier alpha value is -4.06. The highest BCUT2D eigenvalue weighted by molar-refractivity contribution is 6.12. The van der Waals surface area contributed by atoms with Gasteiger partial charge in [-0.25, -0.2) is 0 Å². The molecule has 0 spiro atoms. The average Bonchev–Trinajstić information content (AvgIpc) is 3.14. The number of hydrogen-bond acceptors (Lipinski definition) is 5. The number of anilines is 1. The predicted molar refractivity (Wildman–Crippen MR) is 123 cm³/mol. The second-order valence-corrected chi connectivity index (χ2v) is 7.49. The van der Waals surface area contributed by atoms with Crippen molar-refractivity contribution in [1.82, 2.24) is 0 Å². The first-order valence-electron chi connectivity index (χ1n) is 10.1. The first kappa shape index (κ1) is 21.2. The van der Waals surface area contributed by atoms with Crippen LogP contribution >= 0.6 is 0 Å². The number of hydrogen-bond donors (Lipinski definition) is 1. The van der Waals surface area contributed by atoms with Crippen LogP contribution in [0.2, 0.25) is 0 Å². The zero-order valence-electron chi connectivity index (χ0n) is 18.3. The molecule has 1 N–H and O–H groups in total. The molecule has 0 saturated heterocycles. The van der Waals surface area contributed by atoms with Crippen LogP contribution in [0.4, 0.5) is 5.69 Å². The minimum Gasteiger partial charge on any atom is -0.497 e. The van der Waals surface area contributed by atoms with Gasteiger partial charge in [0.2, 0.25) is 5.78 Å². The number of fused-ring (bicyclic) bond motifs is 1. The van der Waals surface area contributed by atoms with Gasteiger partial charge < -0.3 is 19.2 Å². The van der Waals surface area contributed by atoms with E-state index in [-0.39, 0.29) is 17.5 Å². The highest BCUT2D eigenvalue weighted by Crippen LogP contribution is 2.32. The molecule has 0 atom stereocenters. The van der Waals surface area contributed by atoms with Crippen molar-refractivity contribution in [2.75, 3.05) is 19.5 Å². The molecule has 0 radical (unpaired) electrons. The fourth-order valence-electron chi connectivity index (χ4n) is 3.62. The van der Waals surface area contributed by atoms with E-state index >= 15 is 0 Å². The van der Waals surface area contributed by atoms with Crippen LogP contribution in [0, 0.1) is 13.8 Å². The van der Waals surface area contributed by atoms with E-state index in [2.05, 4.69) is 5.32 Å². The number of furan rings is 1. The number of benzene rings is 3. The molecule has 6 nitrogen and oxygen atoms in total. The van der Waals surface area contributed by atoms with Gasteiger partial charge in [0.05, 0.1) is 19.8 Å². The van der Waals surface area contributed by atoms with Gasteiger partial charge in [-0.2, -0.15) is 0 Å². The molecular formula is C26H23NO5. The number of amides is 1. The maximum absolute atomic E-state index is 13.3. The lowest BCUT2D eigenvalue weighted by Crippen LogP contribution is -2.11. The monoisotopic (exact) mass is 429 g/mol.